The number of nitrogens with one attached hydrogen (secondary N) is 1. The van der Waals surface area contributed by atoms with Crippen molar-refractivity contribution in [2.75, 3.05) is 19.7 Å². The normalized spacial score (nSPS) is 20.6. The van der Waals surface area contributed by atoms with Crippen LogP contribution in [0.25, 0.3) is 0 Å². The lowest BCUT2D eigenvalue weighted by Gasteiger charge is -2.32. The first kappa shape index (κ1) is 17.8. The monoisotopic (exact) mass is 335 g/mol. The summed E-state index contributed by atoms with van der Waals surface area (Å²) in [5.74, 6) is 1.56. The van der Waals surface area contributed by atoms with Crippen molar-refractivity contribution in [3.63, 3.8) is 0 Å². The van der Waals surface area contributed by atoms with Gasteiger partial charge in [0.15, 0.2) is 0 Å². The van der Waals surface area contributed by atoms with E-state index in [-0.39, 0.29) is 18.2 Å². The summed E-state index contributed by atoms with van der Waals surface area (Å²) >= 11 is 0. The molecule has 23 heavy (non-hydrogen) atoms. The van der Waals surface area contributed by atoms with E-state index < -0.39 is 0 Å². The van der Waals surface area contributed by atoms with E-state index in [2.05, 4.69) is 24.4 Å². The summed E-state index contributed by atoms with van der Waals surface area (Å²) in [7, 11) is 0. The molecule has 1 aliphatic rings. The molecule has 1 aliphatic heterocycles. The highest BCUT2D eigenvalue weighted by molar-refractivity contribution is 5.85. The molecule has 0 saturated carbocycles. The molecule has 4 heteroatoms. The van der Waals surface area contributed by atoms with Gasteiger partial charge in [0.05, 0.1) is 6.61 Å². The van der Waals surface area contributed by atoms with Gasteiger partial charge in [-0.3, -0.25) is 0 Å². The van der Waals surface area contributed by atoms with Crippen LogP contribution >= 0.6 is 12.4 Å². The Morgan fingerprint density at radius 2 is 1.78 bits per heavy atom. The van der Waals surface area contributed by atoms with E-state index in [1.54, 1.807) is 12.1 Å². The zero-order chi connectivity index (χ0) is 15.4. The van der Waals surface area contributed by atoms with Gasteiger partial charge in [-0.2, -0.15) is 0 Å². The van der Waals surface area contributed by atoms with Crippen LogP contribution in [0, 0.1) is 18.7 Å². The van der Waals surface area contributed by atoms with Crippen LogP contribution in [0.3, 0.4) is 0 Å². The van der Waals surface area contributed by atoms with E-state index in [1.807, 2.05) is 24.3 Å². The summed E-state index contributed by atoms with van der Waals surface area (Å²) in [5.41, 5.74) is 2.44. The molecule has 0 amide bonds. The quantitative estimate of drug-likeness (QED) is 0.898. The maximum absolute atomic E-state index is 13.1. The van der Waals surface area contributed by atoms with Gasteiger partial charge in [-0.25, -0.2) is 4.39 Å². The van der Waals surface area contributed by atoms with E-state index in [1.165, 1.54) is 11.1 Å². The molecule has 1 saturated heterocycles. The van der Waals surface area contributed by atoms with Crippen molar-refractivity contribution in [2.24, 2.45) is 5.92 Å². The van der Waals surface area contributed by atoms with E-state index in [4.69, 9.17) is 4.74 Å². The Hall–Kier alpha value is -1.58. The average Bonchev–Trinajstić information content (AvgIpc) is 2.55. The highest BCUT2D eigenvalue weighted by Gasteiger charge is 2.27. The number of aryl methyl sites for hydroxylation is 1. The summed E-state index contributed by atoms with van der Waals surface area (Å²) in [6.07, 6.45) is 1.06. The lowest BCUT2D eigenvalue weighted by atomic mass is 9.81. The molecular formula is C19H23ClFNO. The molecular weight excluding hydrogens is 313 g/mol. The van der Waals surface area contributed by atoms with Crippen molar-refractivity contribution in [2.45, 2.75) is 19.3 Å². The maximum atomic E-state index is 13.1. The Balaban J connectivity index is 0.00000192. The van der Waals surface area contributed by atoms with Crippen LogP contribution in [-0.2, 0) is 0 Å². The summed E-state index contributed by atoms with van der Waals surface area (Å²) in [4.78, 5) is 0. The van der Waals surface area contributed by atoms with Gasteiger partial charge in [0, 0.05) is 12.5 Å². The summed E-state index contributed by atoms with van der Waals surface area (Å²) in [6.45, 7) is 4.69. The van der Waals surface area contributed by atoms with Gasteiger partial charge in [-0.1, -0.05) is 29.8 Å². The number of piperidine rings is 1. The fourth-order valence-electron chi connectivity index (χ4n) is 3.08. The van der Waals surface area contributed by atoms with Crippen LogP contribution in [0.4, 0.5) is 4.39 Å². The molecule has 0 bridgehead atoms. The van der Waals surface area contributed by atoms with Crippen molar-refractivity contribution in [3.05, 3.63) is 65.5 Å². The second-order valence-electron chi connectivity index (χ2n) is 6.03. The molecule has 2 atom stereocenters. The average molecular weight is 336 g/mol. The SMILES string of the molecule is Cc1ccc(OC[C@H]2CNCC[C@@H]2c2ccc(F)cc2)cc1.Cl. The molecule has 124 valence electrons. The van der Waals surface area contributed by atoms with Gasteiger partial charge >= 0.3 is 0 Å². The third kappa shape index (κ3) is 4.69. The molecule has 0 spiro atoms. The van der Waals surface area contributed by atoms with Crippen LogP contribution in [0.2, 0.25) is 0 Å². The van der Waals surface area contributed by atoms with Gasteiger partial charge in [-0.15, -0.1) is 12.4 Å². The highest BCUT2D eigenvalue weighted by Crippen LogP contribution is 2.31. The first-order valence-corrected chi connectivity index (χ1v) is 7.88. The summed E-state index contributed by atoms with van der Waals surface area (Å²) in [5, 5.41) is 3.44. The standard InChI is InChI=1S/C19H22FNO.ClH/c1-14-2-8-18(9-3-14)22-13-16-12-21-11-10-19(16)15-4-6-17(20)7-5-15;/h2-9,16,19,21H,10-13H2,1H3;1H/t16-,19-;/m1./s1. The van der Waals surface area contributed by atoms with E-state index in [0.29, 0.717) is 18.4 Å². The lowest BCUT2D eigenvalue weighted by Crippen LogP contribution is -2.38. The predicted molar refractivity (Wildman–Crippen MR) is 94.0 cm³/mol. The minimum absolute atomic E-state index is 0. The van der Waals surface area contributed by atoms with Crippen molar-refractivity contribution in [3.8, 4) is 5.75 Å². The summed E-state index contributed by atoms with van der Waals surface area (Å²) < 4.78 is 19.1. The van der Waals surface area contributed by atoms with Gasteiger partial charge in [0.1, 0.15) is 11.6 Å². The lowest BCUT2D eigenvalue weighted by molar-refractivity contribution is 0.197. The van der Waals surface area contributed by atoms with Crippen molar-refractivity contribution < 1.29 is 9.13 Å². The van der Waals surface area contributed by atoms with E-state index in [9.17, 15) is 4.39 Å². The predicted octanol–water partition coefficient (Wildman–Crippen LogP) is 4.33. The second kappa shape index (κ2) is 8.32. The Kier molecular flexibility index (Phi) is 6.43. The minimum Gasteiger partial charge on any atom is -0.493 e. The molecule has 1 heterocycles. The van der Waals surface area contributed by atoms with E-state index in [0.717, 1.165) is 25.3 Å². The van der Waals surface area contributed by atoms with Crippen LogP contribution in [0.1, 0.15) is 23.5 Å². The van der Waals surface area contributed by atoms with Crippen LogP contribution in [-0.4, -0.2) is 19.7 Å². The third-order valence-electron chi connectivity index (χ3n) is 4.39. The number of halogens is 2. The molecule has 0 aliphatic carbocycles. The molecule has 1 fully saturated rings. The zero-order valence-electron chi connectivity index (χ0n) is 13.3. The van der Waals surface area contributed by atoms with Crippen molar-refractivity contribution in [1.82, 2.24) is 5.32 Å². The number of hydrogen-bond acceptors (Lipinski definition) is 2. The third-order valence-corrected chi connectivity index (χ3v) is 4.39. The molecule has 2 aromatic carbocycles. The first-order valence-electron chi connectivity index (χ1n) is 7.88. The molecule has 0 radical (unpaired) electrons. The molecule has 1 N–H and O–H groups in total. The van der Waals surface area contributed by atoms with Crippen LogP contribution in [0.5, 0.6) is 5.75 Å². The van der Waals surface area contributed by atoms with Crippen molar-refractivity contribution >= 4 is 12.4 Å². The van der Waals surface area contributed by atoms with Crippen LogP contribution < -0.4 is 10.1 Å². The zero-order valence-corrected chi connectivity index (χ0v) is 14.1. The largest absolute Gasteiger partial charge is 0.493 e. The number of rotatable bonds is 4. The van der Waals surface area contributed by atoms with Gasteiger partial charge < -0.3 is 10.1 Å². The van der Waals surface area contributed by atoms with Crippen LogP contribution in [0.15, 0.2) is 48.5 Å². The fraction of sp³-hybridized carbons (Fsp3) is 0.368. The molecule has 2 aromatic rings. The molecule has 2 nitrogen and oxygen atoms in total. The number of benzene rings is 2. The smallest absolute Gasteiger partial charge is 0.123 e. The molecule has 3 rings (SSSR count). The topological polar surface area (TPSA) is 21.3 Å². The maximum Gasteiger partial charge on any atom is 0.123 e. The minimum atomic E-state index is -0.176. The molecule has 0 aromatic heterocycles. The van der Waals surface area contributed by atoms with Gasteiger partial charge in [-0.05, 0) is 55.6 Å². The fourth-order valence-corrected chi connectivity index (χ4v) is 3.08. The van der Waals surface area contributed by atoms with E-state index >= 15 is 0 Å². The highest BCUT2D eigenvalue weighted by atomic mass is 35.5. The van der Waals surface area contributed by atoms with Crippen molar-refractivity contribution in [1.29, 1.82) is 0 Å². The Morgan fingerprint density at radius 3 is 2.48 bits per heavy atom. The van der Waals surface area contributed by atoms with Gasteiger partial charge in [0.2, 0.25) is 0 Å². The molecule has 0 unspecified atom stereocenters. The number of ether oxygens (including phenoxy) is 1. The summed E-state index contributed by atoms with van der Waals surface area (Å²) in [6, 6.07) is 15.1. The van der Waals surface area contributed by atoms with Gasteiger partial charge in [0.25, 0.3) is 0 Å². The Morgan fingerprint density at radius 1 is 1.09 bits per heavy atom. The number of hydrogen-bond donors (Lipinski definition) is 1. The first-order chi connectivity index (χ1) is 10.7. The second-order valence-corrected chi connectivity index (χ2v) is 6.03. The Labute approximate surface area is 143 Å². The Bertz CT molecular complexity index is 600.